The second-order valence-corrected chi connectivity index (χ2v) is 17.6. The zero-order valence-corrected chi connectivity index (χ0v) is 35.9. The highest BCUT2D eigenvalue weighted by atomic mass is 32.2. The molecule has 0 bridgehead atoms. The minimum atomic E-state index is -0.350. The normalized spacial score (nSPS) is 19.9. The number of anilines is 2. The summed E-state index contributed by atoms with van der Waals surface area (Å²) in [6.45, 7) is 6.11. The molecule has 1 aromatic carbocycles. The van der Waals surface area contributed by atoms with Crippen molar-refractivity contribution in [1.82, 2.24) is 25.5 Å². The fourth-order valence-electron chi connectivity index (χ4n) is 8.31. The molecule has 5 heterocycles. The molecule has 5 aliphatic rings. The van der Waals surface area contributed by atoms with Gasteiger partial charge in [-0.3, -0.25) is 19.5 Å². The van der Waals surface area contributed by atoms with Gasteiger partial charge in [-0.2, -0.15) is 4.98 Å². The third kappa shape index (κ3) is 11.1. The maximum atomic E-state index is 12.5. The highest BCUT2D eigenvalue weighted by molar-refractivity contribution is 7.99. The molecule has 1 saturated heterocycles. The van der Waals surface area contributed by atoms with Crippen molar-refractivity contribution in [3.63, 3.8) is 0 Å². The number of thioether (sulfide) groups is 1. The Labute approximate surface area is 353 Å². The summed E-state index contributed by atoms with van der Waals surface area (Å²) in [5.74, 6) is 4.50. The van der Waals surface area contributed by atoms with Crippen LogP contribution in [0.2, 0.25) is 0 Å². The van der Waals surface area contributed by atoms with Crippen molar-refractivity contribution in [2.45, 2.75) is 113 Å². The number of carbonyl (C=O) groups excluding carboxylic acids is 2. The first-order valence-corrected chi connectivity index (χ1v) is 22.7. The Hall–Kier alpha value is -4.72. The molecular formula is C45H62N8O5S. The number of imide groups is 1. The van der Waals surface area contributed by atoms with Gasteiger partial charge in [0.05, 0.1) is 37.1 Å². The predicted octanol–water partition coefficient (Wildman–Crippen LogP) is 7.28. The number of carbonyl (C=O) groups is 2. The molecule has 14 heteroatoms. The number of piperidine rings is 1. The van der Waals surface area contributed by atoms with Crippen LogP contribution in [0.1, 0.15) is 102 Å². The zero-order valence-electron chi connectivity index (χ0n) is 35.1. The first-order valence-electron chi connectivity index (χ1n) is 21.7. The molecule has 2 amide bonds. The van der Waals surface area contributed by atoms with Crippen LogP contribution in [0.25, 0.3) is 6.08 Å². The number of methoxy groups -OCH3 is 2. The number of ether oxygens (including phenoxy) is 3. The van der Waals surface area contributed by atoms with Crippen molar-refractivity contribution in [2.75, 3.05) is 63.0 Å². The summed E-state index contributed by atoms with van der Waals surface area (Å²) < 4.78 is 17.3. The SMILES string of the molecule is COc1cc(/C=C/C(=O)N2CCC=CC2=O)cc(OC)c1OCCCCCCCCCNC1=CNC(C2CCN(c3nc4c(c(NC5(C)CCC5)n3)SCC4)CC2)N=C1. The highest BCUT2D eigenvalue weighted by Crippen LogP contribution is 2.42. The minimum absolute atomic E-state index is 0.119. The smallest absolute Gasteiger partial charge is 0.253 e. The molecule has 3 N–H and O–H groups in total. The van der Waals surface area contributed by atoms with Gasteiger partial charge in [0.2, 0.25) is 11.7 Å². The number of benzene rings is 1. The first kappa shape index (κ1) is 42.4. The lowest BCUT2D eigenvalue weighted by atomic mass is 9.78. The molecule has 2 fully saturated rings. The maximum absolute atomic E-state index is 12.5. The summed E-state index contributed by atoms with van der Waals surface area (Å²) in [6, 6.07) is 3.61. The van der Waals surface area contributed by atoms with E-state index in [4.69, 9.17) is 29.2 Å². The van der Waals surface area contributed by atoms with Gasteiger partial charge in [-0.25, -0.2) is 4.98 Å². The van der Waals surface area contributed by atoms with E-state index in [0.29, 0.717) is 48.3 Å². The van der Waals surface area contributed by atoms with E-state index in [9.17, 15) is 9.59 Å². The molecule has 7 rings (SSSR count). The molecule has 1 unspecified atom stereocenters. The van der Waals surface area contributed by atoms with Gasteiger partial charge >= 0.3 is 0 Å². The number of hydrogen-bond acceptors (Lipinski definition) is 13. The molecule has 318 valence electrons. The molecule has 1 aliphatic carbocycles. The van der Waals surface area contributed by atoms with E-state index < -0.39 is 0 Å². The Morgan fingerprint density at radius 1 is 1.02 bits per heavy atom. The number of aromatic nitrogens is 2. The zero-order chi connectivity index (χ0) is 41.0. The number of nitrogens with zero attached hydrogens (tertiary/aromatic N) is 5. The summed E-state index contributed by atoms with van der Waals surface area (Å²) in [5.41, 5.74) is 3.16. The molecular weight excluding hydrogens is 765 g/mol. The van der Waals surface area contributed by atoms with Gasteiger partial charge in [-0.05, 0) is 88.1 Å². The Bertz CT molecular complexity index is 1880. The van der Waals surface area contributed by atoms with Crippen LogP contribution in [0.15, 0.2) is 52.1 Å². The van der Waals surface area contributed by atoms with Crippen LogP contribution in [-0.4, -0.2) is 97.4 Å². The minimum Gasteiger partial charge on any atom is -0.493 e. The molecule has 1 atom stereocenters. The van der Waals surface area contributed by atoms with Crippen LogP contribution in [0.4, 0.5) is 11.8 Å². The Kier molecular flexibility index (Phi) is 14.7. The lowest BCUT2D eigenvalue weighted by Crippen LogP contribution is -2.44. The van der Waals surface area contributed by atoms with Crippen LogP contribution in [0, 0.1) is 5.92 Å². The summed E-state index contributed by atoms with van der Waals surface area (Å²) >= 11 is 1.90. The van der Waals surface area contributed by atoms with E-state index in [1.807, 2.05) is 18.0 Å². The number of hydrogen-bond donors (Lipinski definition) is 3. The van der Waals surface area contributed by atoms with E-state index in [2.05, 4.69) is 34.0 Å². The van der Waals surface area contributed by atoms with Gasteiger partial charge in [0.1, 0.15) is 12.0 Å². The number of nitrogens with one attached hydrogen (secondary N) is 3. The summed E-state index contributed by atoms with van der Waals surface area (Å²) in [4.78, 5) is 44.5. The average Bonchev–Trinajstić information content (AvgIpc) is 3.74. The number of aryl methyl sites for hydroxylation is 1. The molecule has 59 heavy (non-hydrogen) atoms. The van der Waals surface area contributed by atoms with Crippen molar-refractivity contribution in [2.24, 2.45) is 10.9 Å². The largest absolute Gasteiger partial charge is 0.493 e. The van der Waals surface area contributed by atoms with Gasteiger partial charge in [0.15, 0.2) is 11.5 Å². The third-order valence-electron chi connectivity index (χ3n) is 12.0. The number of allylic oxidation sites excluding steroid dienone is 1. The Balaban J connectivity index is 0.737. The van der Waals surface area contributed by atoms with E-state index in [1.54, 1.807) is 38.5 Å². The topological polar surface area (TPSA) is 143 Å². The summed E-state index contributed by atoms with van der Waals surface area (Å²) in [5, 5.41) is 10.9. The van der Waals surface area contributed by atoms with Gasteiger partial charge < -0.3 is 35.1 Å². The Morgan fingerprint density at radius 2 is 1.76 bits per heavy atom. The lowest BCUT2D eigenvalue weighted by molar-refractivity contribution is -0.139. The number of fused-ring (bicyclic) bond motifs is 1. The molecule has 4 aliphatic heterocycles. The Morgan fingerprint density at radius 3 is 2.44 bits per heavy atom. The lowest BCUT2D eigenvalue weighted by Gasteiger charge is -2.40. The quantitative estimate of drug-likeness (QED) is 0.0913. The maximum Gasteiger partial charge on any atom is 0.253 e. The van der Waals surface area contributed by atoms with Crippen LogP contribution in [0.5, 0.6) is 17.2 Å². The molecule has 0 radical (unpaired) electrons. The summed E-state index contributed by atoms with van der Waals surface area (Å²) in [7, 11) is 3.17. The van der Waals surface area contributed by atoms with Gasteiger partial charge in [0.25, 0.3) is 11.8 Å². The van der Waals surface area contributed by atoms with Gasteiger partial charge in [-0.15, -0.1) is 11.8 Å². The summed E-state index contributed by atoms with van der Waals surface area (Å²) in [6.07, 6.45) is 26.0. The van der Waals surface area contributed by atoms with E-state index in [1.165, 1.54) is 66.2 Å². The first-order chi connectivity index (χ1) is 28.8. The van der Waals surface area contributed by atoms with E-state index >= 15 is 0 Å². The van der Waals surface area contributed by atoms with Gasteiger partial charge in [0, 0.05) is 68.3 Å². The van der Waals surface area contributed by atoms with Gasteiger partial charge in [-0.1, -0.05) is 38.2 Å². The fraction of sp³-hybridized carbons (Fsp3) is 0.578. The van der Waals surface area contributed by atoms with Crippen molar-refractivity contribution < 1.29 is 23.8 Å². The van der Waals surface area contributed by atoms with E-state index in [0.717, 1.165) is 87.8 Å². The van der Waals surface area contributed by atoms with Crippen LogP contribution in [-0.2, 0) is 16.0 Å². The second-order valence-electron chi connectivity index (χ2n) is 16.5. The fourth-order valence-corrected chi connectivity index (χ4v) is 9.35. The number of aliphatic imine (C=N–C) groups is 1. The van der Waals surface area contributed by atoms with Crippen molar-refractivity contribution >= 4 is 47.6 Å². The monoisotopic (exact) mass is 826 g/mol. The molecule has 1 aromatic heterocycles. The van der Waals surface area contributed by atoms with Crippen molar-refractivity contribution in [3.8, 4) is 17.2 Å². The van der Waals surface area contributed by atoms with Crippen LogP contribution < -0.4 is 35.1 Å². The number of unbranched alkanes of at least 4 members (excludes halogenated alkanes) is 6. The standard InChI is InChI=1S/C45H62N8O5S/c1-45(20-13-21-45)51-43-41-35(19-27-59-41)49-44(50-43)52-24-17-33(18-25-52)42-47-30-34(31-48-42)46-22-10-7-5-4-6-8-12-26-58-40-36(56-2)28-32(29-37(40)57-3)15-16-39(55)53-23-11-9-14-38(53)54/h9,14-16,28-31,33,42,46-47H,4-8,10-13,17-27H2,1-3H3,(H,49,50,51)/b16-15+. The number of amides is 2. The molecule has 13 nitrogen and oxygen atoms in total. The van der Waals surface area contributed by atoms with E-state index in [-0.39, 0.29) is 23.5 Å². The van der Waals surface area contributed by atoms with Crippen molar-refractivity contribution in [3.05, 3.63) is 53.5 Å². The third-order valence-corrected chi connectivity index (χ3v) is 13.2. The second kappa shape index (κ2) is 20.5. The van der Waals surface area contributed by atoms with Crippen LogP contribution >= 0.6 is 11.8 Å². The highest BCUT2D eigenvalue weighted by Gasteiger charge is 2.35. The average molecular weight is 827 g/mol. The van der Waals surface area contributed by atoms with Crippen LogP contribution in [0.3, 0.4) is 0 Å². The molecule has 1 saturated carbocycles. The number of rotatable bonds is 20. The van der Waals surface area contributed by atoms with Crippen molar-refractivity contribution in [1.29, 1.82) is 0 Å². The molecule has 0 spiro atoms. The molecule has 2 aromatic rings. The predicted molar refractivity (Wildman–Crippen MR) is 236 cm³/mol.